The quantitative estimate of drug-likeness (QED) is 0.845. The number of halogens is 2. The van der Waals surface area contributed by atoms with Crippen molar-refractivity contribution in [2.75, 3.05) is 0 Å². The zero-order valence-electron chi connectivity index (χ0n) is 9.51. The number of ether oxygens (including phenoxy) is 1. The van der Waals surface area contributed by atoms with Crippen molar-refractivity contribution in [2.24, 2.45) is 5.14 Å². The summed E-state index contributed by atoms with van der Waals surface area (Å²) in [6.45, 7) is 0. The molecule has 0 saturated carbocycles. The van der Waals surface area contributed by atoms with E-state index in [9.17, 15) is 8.42 Å². The standard InChI is InChI=1S/C12H9Br2NO3S/c13-8-1-6-12(11(14)7-8)18-9-2-4-10(5-3-9)19(15,16)17/h1-7H,(H2,15,16,17). The van der Waals surface area contributed by atoms with E-state index < -0.39 is 10.0 Å². The van der Waals surface area contributed by atoms with Crippen molar-refractivity contribution in [3.8, 4) is 11.5 Å². The molecule has 2 aromatic rings. The van der Waals surface area contributed by atoms with E-state index in [1.165, 1.54) is 12.1 Å². The molecule has 0 spiro atoms. The second-order valence-electron chi connectivity index (χ2n) is 3.69. The van der Waals surface area contributed by atoms with Crippen molar-refractivity contribution in [3.63, 3.8) is 0 Å². The van der Waals surface area contributed by atoms with Crippen LogP contribution in [-0.4, -0.2) is 8.42 Å². The molecule has 0 fully saturated rings. The molecule has 2 N–H and O–H groups in total. The Morgan fingerprint density at radius 3 is 2.16 bits per heavy atom. The monoisotopic (exact) mass is 405 g/mol. The highest BCUT2D eigenvalue weighted by Gasteiger charge is 2.08. The van der Waals surface area contributed by atoms with Crippen molar-refractivity contribution < 1.29 is 13.2 Å². The molecule has 0 unspecified atom stereocenters. The third-order valence-corrected chi connectivity index (χ3v) is 4.32. The number of hydrogen-bond acceptors (Lipinski definition) is 3. The summed E-state index contributed by atoms with van der Waals surface area (Å²) in [4.78, 5) is 0.0507. The lowest BCUT2D eigenvalue weighted by atomic mass is 10.3. The van der Waals surface area contributed by atoms with Crippen molar-refractivity contribution in [2.45, 2.75) is 4.90 Å². The van der Waals surface area contributed by atoms with E-state index in [0.717, 1.165) is 8.95 Å². The molecular weight excluding hydrogens is 398 g/mol. The van der Waals surface area contributed by atoms with Crippen LogP contribution in [0.1, 0.15) is 0 Å². The third kappa shape index (κ3) is 3.79. The topological polar surface area (TPSA) is 69.4 Å². The van der Waals surface area contributed by atoms with Gasteiger partial charge in [0.1, 0.15) is 11.5 Å². The van der Waals surface area contributed by atoms with E-state index in [1.54, 1.807) is 18.2 Å². The van der Waals surface area contributed by atoms with Crippen molar-refractivity contribution in [1.82, 2.24) is 0 Å². The molecule has 19 heavy (non-hydrogen) atoms. The summed E-state index contributed by atoms with van der Waals surface area (Å²) in [5, 5.41) is 5.02. The van der Waals surface area contributed by atoms with Crippen molar-refractivity contribution in [3.05, 3.63) is 51.4 Å². The Morgan fingerprint density at radius 1 is 1.00 bits per heavy atom. The molecule has 2 rings (SSSR count). The second kappa shape index (κ2) is 5.62. The van der Waals surface area contributed by atoms with Gasteiger partial charge >= 0.3 is 0 Å². The predicted molar refractivity (Wildman–Crippen MR) is 79.7 cm³/mol. The smallest absolute Gasteiger partial charge is 0.238 e. The number of nitrogens with two attached hydrogens (primary N) is 1. The van der Waals surface area contributed by atoms with Gasteiger partial charge in [-0.05, 0) is 58.4 Å². The third-order valence-electron chi connectivity index (χ3n) is 2.27. The SMILES string of the molecule is NS(=O)(=O)c1ccc(Oc2ccc(Br)cc2Br)cc1. The Labute approximate surface area is 127 Å². The molecule has 100 valence electrons. The molecule has 0 amide bonds. The summed E-state index contributed by atoms with van der Waals surface area (Å²) in [5.41, 5.74) is 0. The summed E-state index contributed by atoms with van der Waals surface area (Å²) in [7, 11) is -3.68. The van der Waals surface area contributed by atoms with Gasteiger partial charge in [0.2, 0.25) is 10.0 Å². The molecule has 0 aliphatic rings. The lowest BCUT2D eigenvalue weighted by molar-refractivity contribution is 0.479. The summed E-state index contributed by atoms with van der Waals surface area (Å²) < 4.78 is 29.6. The Hall–Kier alpha value is -0.890. The molecular formula is C12H9Br2NO3S. The van der Waals surface area contributed by atoms with Crippen LogP contribution in [0.15, 0.2) is 56.3 Å². The Morgan fingerprint density at radius 2 is 1.63 bits per heavy atom. The van der Waals surface area contributed by atoms with Crippen LogP contribution < -0.4 is 9.88 Å². The summed E-state index contributed by atoms with van der Waals surface area (Å²) in [5.74, 6) is 1.15. The molecule has 0 aromatic heterocycles. The first-order chi connectivity index (χ1) is 8.86. The number of rotatable bonds is 3. The molecule has 0 saturated heterocycles. The van der Waals surface area contributed by atoms with Gasteiger partial charge in [0, 0.05) is 4.47 Å². The lowest BCUT2D eigenvalue weighted by Gasteiger charge is -2.08. The van der Waals surface area contributed by atoms with E-state index in [4.69, 9.17) is 9.88 Å². The minimum atomic E-state index is -3.68. The molecule has 0 aliphatic heterocycles. The fraction of sp³-hybridized carbons (Fsp3) is 0. The Balaban J connectivity index is 2.25. The highest BCUT2D eigenvalue weighted by Crippen LogP contribution is 2.32. The lowest BCUT2D eigenvalue weighted by Crippen LogP contribution is -2.11. The van der Waals surface area contributed by atoms with Crippen molar-refractivity contribution in [1.29, 1.82) is 0 Å². The highest BCUT2D eigenvalue weighted by atomic mass is 79.9. The molecule has 7 heteroatoms. The normalized spacial score (nSPS) is 11.3. The van der Waals surface area contributed by atoms with Crippen LogP contribution in [0, 0.1) is 0 Å². The molecule has 0 atom stereocenters. The van der Waals surface area contributed by atoms with Crippen LogP contribution in [-0.2, 0) is 10.0 Å². The molecule has 0 radical (unpaired) electrons. The van der Waals surface area contributed by atoms with E-state index in [1.807, 2.05) is 12.1 Å². The van der Waals surface area contributed by atoms with Crippen LogP contribution in [0.5, 0.6) is 11.5 Å². The average Bonchev–Trinajstić information content (AvgIpc) is 2.32. The number of benzene rings is 2. The largest absolute Gasteiger partial charge is 0.456 e. The van der Waals surface area contributed by atoms with E-state index in [2.05, 4.69) is 31.9 Å². The predicted octanol–water partition coefficient (Wildman–Crippen LogP) is 3.65. The first-order valence-electron chi connectivity index (χ1n) is 5.12. The van der Waals surface area contributed by atoms with E-state index >= 15 is 0 Å². The van der Waals surface area contributed by atoms with E-state index in [-0.39, 0.29) is 4.90 Å². The van der Waals surface area contributed by atoms with Crippen LogP contribution in [0.2, 0.25) is 0 Å². The van der Waals surface area contributed by atoms with Gasteiger partial charge in [-0.3, -0.25) is 0 Å². The second-order valence-corrected chi connectivity index (χ2v) is 7.02. The first kappa shape index (κ1) is 14.5. The Kier molecular flexibility index (Phi) is 4.29. The van der Waals surface area contributed by atoms with Gasteiger partial charge in [-0.15, -0.1) is 0 Å². The van der Waals surface area contributed by atoms with Gasteiger partial charge in [0.15, 0.2) is 0 Å². The highest BCUT2D eigenvalue weighted by molar-refractivity contribution is 9.11. The van der Waals surface area contributed by atoms with Gasteiger partial charge in [-0.1, -0.05) is 15.9 Å². The fourth-order valence-electron chi connectivity index (χ4n) is 1.38. The van der Waals surface area contributed by atoms with Crippen LogP contribution in [0.25, 0.3) is 0 Å². The molecule has 0 bridgehead atoms. The van der Waals surface area contributed by atoms with Gasteiger partial charge in [-0.25, -0.2) is 13.6 Å². The van der Waals surface area contributed by atoms with Gasteiger partial charge in [0.25, 0.3) is 0 Å². The maximum Gasteiger partial charge on any atom is 0.238 e. The van der Waals surface area contributed by atoms with Gasteiger partial charge < -0.3 is 4.74 Å². The fourth-order valence-corrected chi connectivity index (χ4v) is 3.03. The van der Waals surface area contributed by atoms with Crippen LogP contribution in [0.3, 0.4) is 0 Å². The van der Waals surface area contributed by atoms with Crippen LogP contribution in [0.4, 0.5) is 0 Å². The summed E-state index contributed by atoms with van der Waals surface area (Å²) in [6.07, 6.45) is 0. The maximum atomic E-state index is 11.1. The molecule has 4 nitrogen and oxygen atoms in total. The zero-order chi connectivity index (χ0) is 14.0. The van der Waals surface area contributed by atoms with Crippen LogP contribution >= 0.6 is 31.9 Å². The minimum absolute atomic E-state index is 0.0507. The Bertz CT molecular complexity index is 699. The number of hydrogen-bond donors (Lipinski definition) is 1. The minimum Gasteiger partial charge on any atom is -0.456 e. The number of sulfonamides is 1. The number of primary sulfonamides is 1. The zero-order valence-corrected chi connectivity index (χ0v) is 13.5. The average molecular weight is 407 g/mol. The van der Waals surface area contributed by atoms with Gasteiger partial charge in [-0.2, -0.15) is 0 Å². The molecule has 0 aliphatic carbocycles. The first-order valence-corrected chi connectivity index (χ1v) is 8.25. The summed E-state index contributed by atoms with van der Waals surface area (Å²) in [6, 6.07) is 11.4. The maximum absolute atomic E-state index is 11.1. The summed E-state index contributed by atoms with van der Waals surface area (Å²) >= 11 is 6.73. The molecule has 2 aromatic carbocycles. The molecule has 0 heterocycles. The van der Waals surface area contributed by atoms with Crippen molar-refractivity contribution >= 4 is 41.9 Å². The van der Waals surface area contributed by atoms with E-state index in [0.29, 0.717) is 11.5 Å². The van der Waals surface area contributed by atoms with Gasteiger partial charge in [0.05, 0.1) is 9.37 Å².